The van der Waals surface area contributed by atoms with Gasteiger partial charge in [0.2, 0.25) is 10.0 Å². The zero-order valence-electron chi connectivity index (χ0n) is 24.5. The van der Waals surface area contributed by atoms with Gasteiger partial charge in [-0.15, -0.1) is 0 Å². The number of rotatable bonds is 10. The van der Waals surface area contributed by atoms with Crippen molar-refractivity contribution >= 4 is 38.5 Å². The summed E-state index contributed by atoms with van der Waals surface area (Å²) in [6.07, 6.45) is 6.21. The molecule has 1 fully saturated rings. The second-order valence-corrected chi connectivity index (χ2v) is 13.1. The molecule has 0 unspecified atom stereocenters. The van der Waals surface area contributed by atoms with E-state index in [9.17, 15) is 22.8 Å². The van der Waals surface area contributed by atoms with Crippen molar-refractivity contribution in [2.45, 2.75) is 53.0 Å². The van der Waals surface area contributed by atoms with Gasteiger partial charge in [-0.25, -0.2) is 12.7 Å². The molecule has 0 radical (unpaired) electrons. The summed E-state index contributed by atoms with van der Waals surface area (Å²) in [5, 5.41) is 3.71. The Morgan fingerprint density at radius 2 is 1.81 bits per heavy atom. The first kappa shape index (κ1) is 30.9. The number of nitrogens with one attached hydrogen (secondary N) is 2. The van der Waals surface area contributed by atoms with Crippen molar-refractivity contribution in [1.82, 2.24) is 14.6 Å². The van der Waals surface area contributed by atoms with Crippen molar-refractivity contribution in [2.75, 3.05) is 18.8 Å². The predicted molar refractivity (Wildman–Crippen MR) is 165 cm³/mol. The number of hydrogen-bond acceptors (Lipinski definition) is 5. The highest BCUT2D eigenvalue weighted by Gasteiger charge is 2.29. The van der Waals surface area contributed by atoms with Crippen LogP contribution in [0.3, 0.4) is 0 Å². The van der Waals surface area contributed by atoms with Crippen molar-refractivity contribution in [1.29, 1.82) is 0 Å². The fourth-order valence-corrected chi connectivity index (χ4v) is 6.58. The fourth-order valence-electron chi connectivity index (χ4n) is 5.44. The summed E-state index contributed by atoms with van der Waals surface area (Å²) in [4.78, 5) is 40.8. The van der Waals surface area contributed by atoms with Crippen LogP contribution >= 0.6 is 0 Å². The number of sulfonamides is 1. The number of aromatic nitrogens is 1. The molecule has 2 heterocycles. The number of nitrogens with two attached hydrogens (primary N) is 1. The number of nitrogens with zero attached hydrogens (tertiary/aromatic N) is 1. The first-order valence-corrected chi connectivity index (χ1v) is 15.7. The maximum atomic E-state index is 12.7. The molecule has 1 saturated heterocycles. The minimum atomic E-state index is -3.23. The lowest BCUT2D eigenvalue weighted by Crippen LogP contribution is -2.38. The molecule has 0 aliphatic carbocycles. The monoisotopic (exact) mass is 590 g/mol. The molecule has 1 aliphatic rings. The third-order valence-corrected chi connectivity index (χ3v) is 9.55. The topological polar surface area (TPSA) is 142 Å². The van der Waals surface area contributed by atoms with E-state index >= 15 is 0 Å². The Hall–Kier alpha value is -4.02. The third kappa shape index (κ3) is 6.71. The second kappa shape index (κ2) is 12.9. The minimum absolute atomic E-state index is 0.0852. The van der Waals surface area contributed by atoms with Crippen LogP contribution in [-0.2, 0) is 26.2 Å². The molecule has 2 amide bonds. The van der Waals surface area contributed by atoms with Gasteiger partial charge in [0.15, 0.2) is 5.78 Å². The van der Waals surface area contributed by atoms with E-state index < -0.39 is 21.8 Å². The Morgan fingerprint density at radius 1 is 1.10 bits per heavy atom. The van der Waals surface area contributed by atoms with E-state index in [1.807, 2.05) is 36.5 Å². The highest BCUT2D eigenvalue weighted by Crippen LogP contribution is 2.37. The van der Waals surface area contributed by atoms with E-state index in [0.717, 1.165) is 33.2 Å². The van der Waals surface area contributed by atoms with Crippen LogP contribution in [0.15, 0.2) is 65.9 Å². The Morgan fingerprint density at radius 3 is 2.43 bits per heavy atom. The number of ketones is 1. The molecule has 4 rings (SSSR count). The number of benzene rings is 2. The van der Waals surface area contributed by atoms with E-state index in [2.05, 4.69) is 10.3 Å². The van der Waals surface area contributed by atoms with Gasteiger partial charge >= 0.3 is 0 Å². The van der Waals surface area contributed by atoms with Crippen LogP contribution in [0.1, 0.15) is 67.9 Å². The Kier molecular flexibility index (Phi) is 9.48. The van der Waals surface area contributed by atoms with Gasteiger partial charge in [-0.05, 0) is 93.0 Å². The largest absolute Gasteiger partial charge is 0.366 e. The summed E-state index contributed by atoms with van der Waals surface area (Å²) in [6.45, 7) is 8.04. The molecule has 0 spiro atoms. The van der Waals surface area contributed by atoms with Crippen molar-refractivity contribution in [3.63, 3.8) is 0 Å². The molecule has 222 valence electrons. The van der Waals surface area contributed by atoms with Gasteiger partial charge in [-0.1, -0.05) is 29.8 Å². The first-order chi connectivity index (χ1) is 19.9. The Balaban J connectivity index is 1.60. The number of primary amides is 1. The lowest BCUT2D eigenvalue weighted by atomic mass is 9.88. The molecule has 1 aliphatic heterocycles. The lowest BCUT2D eigenvalue weighted by Gasteiger charge is -2.31. The predicted octanol–water partition coefficient (Wildman–Crippen LogP) is 4.56. The van der Waals surface area contributed by atoms with Crippen LogP contribution in [0.2, 0.25) is 0 Å². The number of carbonyl (C=O) groups excluding carboxylic acids is 3. The average molecular weight is 591 g/mol. The van der Waals surface area contributed by atoms with Crippen molar-refractivity contribution in [2.24, 2.45) is 5.73 Å². The van der Waals surface area contributed by atoms with E-state index in [1.165, 1.54) is 12.2 Å². The van der Waals surface area contributed by atoms with Gasteiger partial charge in [-0.3, -0.25) is 14.4 Å². The summed E-state index contributed by atoms with van der Waals surface area (Å²) < 4.78 is 26.2. The quantitative estimate of drug-likeness (QED) is 0.180. The summed E-state index contributed by atoms with van der Waals surface area (Å²) in [7, 11) is -3.23. The molecular formula is C32H38N4O5S. The number of fused-ring (bicyclic) bond motifs is 1. The summed E-state index contributed by atoms with van der Waals surface area (Å²) in [5.41, 5.74) is 11.2. The lowest BCUT2D eigenvalue weighted by molar-refractivity contribution is -0.121. The van der Waals surface area contributed by atoms with Crippen LogP contribution in [0.5, 0.6) is 0 Å². The third-order valence-electron chi connectivity index (χ3n) is 7.67. The Bertz CT molecular complexity index is 1690. The molecule has 0 atom stereocenters. The number of carbonyl (C=O) groups is 3. The van der Waals surface area contributed by atoms with E-state index in [-0.39, 0.29) is 29.6 Å². The van der Waals surface area contributed by atoms with Gasteiger partial charge in [-0.2, -0.15) is 0 Å². The fraction of sp³-hybridized carbons (Fsp3) is 0.344. The summed E-state index contributed by atoms with van der Waals surface area (Å²) in [5.74, 6) is -1.12. The van der Waals surface area contributed by atoms with Crippen LogP contribution in [0, 0.1) is 0 Å². The number of hydrogen-bond donors (Lipinski definition) is 3. The zero-order chi connectivity index (χ0) is 30.6. The first-order valence-electron chi connectivity index (χ1n) is 14.1. The van der Waals surface area contributed by atoms with E-state index in [1.54, 1.807) is 38.1 Å². The SMILES string of the molecule is CC=C(C(=O)C=C(C)C)C(=O)NCc1cccc(-c2cc(C(N)=O)c3[nH]cc(C4CCN(S(=O)(=O)CC)CC4)c3c2)c1. The van der Waals surface area contributed by atoms with Crippen molar-refractivity contribution in [3.8, 4) is 11.1 Å². The molecule has 0 saturated carbocycles. The minimum Gasteiger partial charge on any atom is -0.366 e. The Labute approximate surface area is 246 Å². The van der Waals surface area contributed by atoms with Crippen molar-refractivity contribution in [3.05, 3.63) is 82.6 Å². The number of aromatic amines is 1. The number of H-pyrrole nitrogens is 1. The maximum absolute atomic E-state index is 12.7. The normalized spacial score (nSPS) is 15.0. The van der Waals surface area contributed by atoms with Gasteiger partial charge in [0.25, 0.3) is 11.8 Å². The molecule has 0 bridgehead atoms. The number of piperidine rings is 1. The van der Waals surface area contributed by atoms with Gasteiger partial charge in [0, 0.05) is 31.2 Å². The molecule has 1 aromatic heterocycles. The van der Waals surface area contributed by atoms with Crippen LogP contribution < -0.4 is 11.1 Å². The van der Waals surface area contributed by atoms with E-state index in [0.29, 0.717) is 37.0 Å². The van der Waals surface area contributed by atoms with E-state index in [4.69, 9.17) is 5.73 Å². The number of allylic oxidation sites excluding steroid dienone is 3. The highest BCUT2D eigenvalue weighted by atomic mass is 32.2. The molecule has 42 heavy (non-hydrogen) atoms. The molecule has 4 N–H and O–H groups in total. The smallest absolute Gasteiger partial charge is 0.255 e. The van der Waals surface area contributed by atoms with Crippen molar-refractivity contribution < 1.29 is 22.8 Å². The molecule has 2 aromatic carbocycles. The second-order valence-electron chi connectivity index (χ2n) is 10.8. The maximum Gasteiger partial charge on any atom is 0.255 e. The summed E-state index contributed by atoms with van der Waals surface area (Å²) in [6, 6.07) is 11.4. The standard InChI is InChI=1S/C32H38N4O5S/c1-5-25(29(37)14-20(3)4)32(39)35-18-21-8-7-9-23(15-21)24-16-26-28(19-34-30(26)27(17-24)31(33)38)22-10-12-36(13-11-22)42(40,41)6-2/h5,7-9,14-17,19,22,34H,6,10-13,18H2,1-4H3,(H2,33,38)(H,35,39). The highest BCUT2D eigenvalue weighted by molar-refractivity contribution is 7.89. The molecule has 10 heteroatoms. The van der Waals surface area contributed by atoms with Gasteiger partial charge in [0.1, 0.15) is 0 Å². The molecular weight excluding hydrogens is 552 g/mol. The van der Waals surface area contributed by atoms with Gasteiger partial charge < -0.3 is 16.0 Å². The average Bonchev–Trinajstić information content (AvgIpc) is 3.39. The van der Waals surface area contributed by atoms with Gasteiger partial charge in [0.05, 0.1) is 22.4 Å². The van der Waals surface area contributed by atoms with Crippen LogP contribution in [0.25, 0.3) is 22.0 Å². The zero-order valence-corrected chi connectivity index (χ0v) is 25.3. The summed E-state index contributed by atoms with van der Waals surface area (Å²) >= 11 is 0. The van der Waals surface area contributed by atoms with Crippen LogP contribution in [0.4, 0.5) is 0 Å². The number of amides is 2. The molecule has 3 aromatic rings. The van der Waals surface area contributed by atoms with Crippen LogP contribution in [-0.4, -0.2) is 54.1 Å². The molecule has 9 nitrogen and oxygen atoms in total.